The second-order valence-corrected chi connectivity index (χ2v) is 7.91. The van der Waals surface area contributed by atoms with Gasteiger partial charge in [-0.05, 0) is 31.1 Å². The van der Waals surface area contributed by atoms with E-state index in [1.807, 2.05) is 38.1 Å². The van der Waals surface area contributed by atoms with Gasteiger partial charge in [0.2, 0.25) is 5.91 Å². The van der Waals surface area contributed by atoms with Crippen LogP contribution in [0.5, 0.6) is 5.75 Å². The highest BCUT2D eigenvalue weighted by molar-refractivity contribution is 8.14. The molecule has 2 aromatic carbocycles. The SMILES string of the molecule is COc1c(/C(C)=C/C(=O)NC2=NCCS2)cc2c(-c3ccccc3)coc2c1C. The van der Waals surface area contributed by atoms with Crippen LogP contribution >= 0.6 is 11.8 Å². The first-order valence-corrected chi connectivity index (χ1v) is 10.4. The number of hydrogen-bond acceptors (Lipinski definition) is 5. The number of carbonyl (C=O) groups excluding carboxylic acids is 1. The quantitative estimate of drug-likeness (QED) is 0.617. The predicted molar refractivity (Wildman–Crippen MR) is 119 cm³/mol. The summed E-state index contributed by atoms with van der Waals surface area (Å²) < 4.78 is 11.6. The van der Waals surface area contributed by atoms with E-state index in [1.54, 1.807) is 31.2 Å². The first kappa shape index (κ1) is 19.3. The number of nitrogens with one attached hydrogen (secondary N) is 1. The lowest BCUT2D eigenvalue weighted by Crippen LogP contribution is -2.25. The van der Waals surface area contributed by atoms with Crippen molar-refractivity contribution < 1.29 is 13.9 Å². The Morgan fingerprint density at radius 2 is 2.10 bits per heavy atom. The minimum absolute atomic E-state index is 0.189. The van der Waals surface area contributed by atoms with Gasteiger partial charge in [0.1, 0.15) is 11.3 Å². The van der Waals surface area contributed by atoms with Gasteiger partial charge in [-0.3, -0.25) is 9.79 Å². The molecular formula is C23H22N2O3S. The summed E-state index contributed by atoms with van der Waals surface area (Å²) in [7, 11) is 1.63. The van der Waals surface area contributed by atoms with Gasteiger partial charge in [-0.15, -0.1) is 0 Å². The van der Waals surface area contributed by atoms with Crippen molar-refractivity contribution in [3.63, 3.8) is 0 Å². The number of nitrogens with zero attached hydrogens (tertiary/aromatic N) is 1. The lowest BCUT2D eigenvalue weighted by atomic mass is 9.96. The fourth-order valence-corrected chi connectivity index (χ4v) is 4.27. The van der Waals surface area contributed by atoms with Crippen LogP contribution < -0.4 is 10.1 Å². The normalized spacial score (nSPS) is 14.2. The van der Waals surface area contributed by atoms with Gasteiger partial charge in [0, 0.05) is 33.9 Å². The molecule has 2 heterocycles. The second kappa shape index (κ2) is 8.17. The standard InChI is InChI=1S/C23H22N2O3S/c1-14(11-20(26)25-23-24-9-10-29-23)17-12-18-19(16-7-5-4-6-8-16)13-28-22(18)15(2)21(17)27-3/h4-8,11-13H,9-10H2,1-3H3,(H,24,25,26)/b14-11+. The van der Waals surface area contributed by atoms with E-state index >= 15 is 0 Å². The zero-order valence-electron chi connectivity index (χ0n) is 16.6. The number of carbonyl (C=O) groups is 1. The Kier molecular flexibility index (Phi) is 5.45. The number of hydrogen-bond donors (Lipinski definition) is 1. The van der Waals surface area contributed by atoms with Crippen LogP contribution in [0.3, 0.4) is 0 Å². The molecule has 0 bridgehead atoms. The maximum Gasteiger partial charge on any atom is 0.250 e. The second-order valence-electron chi connectivity index (χ2n) is 6.83. The molecule has 4 rings (SSSR count). The molecule has 3 aromatic rings. The fraction of sp³-hybridized carbons (Fsp3) is 0.217. The first-order valence-electron chi connectivity index (χ1n) is 9.39. The van der Waals surface area contributed by atoms with Gasteiger partial charge in [-0.25, -0.2) is 0 Å². The number of thioether (sulfide) groups is 1. The molecule has 1 amide bonds. The summed E-state index contributed by atoms with van der Waals surface area (Å²) in [5.74, 6) is 1.43. The minimum atomic E-state index is -0.189. The number of ether oxygens (including phenoxy) is 1. The van der Waals surface area contributed by atoms with Crippen molar-refractivity contribution in [2.24, 2.45) is 4.99 Å². The summed E-state index contributed by atoms with van der Waals surface area (Å²) in [5.41, 5.74) is 5.48. The first-order chi connectivity index (χ1) is 14.1. The zero-order chi connectivity index (χ0) is 20.4. The molecule has 0 saturated carbocycles. The highest BCUT2D eigenvalue weighted by Crippen LogP contribution is 2.40. The highest BCUT2D eigenvalue weighted by Gasteiger charge is 2.19. The average Bonchev–Trinajstić information content (AvgIpc) is 3.38. The van der Waals surface area contributed by atoms with E-state index in [4.69, 9.17) is 9.15 Å². The average molecular weight is 407 g/mol. The van der Waals surface area contributed by atoms with Crippen LogP contribution in [0.1, 0.15) is 18.1 Å². The Bertz CT molecular complexity index is 1130. The molecular weight excluding hydrogens is 384 g/mol. The van der Waals surface area contributed by atoms with Gasteiger partial charge in [0.25, 0.3) is 0 Å². The minimum Gasteiger partial charge on any atom is -0.496 e. The van der Waals surface area contributed by atoms with Crippen molar-refractivity contribution in [3.05, 3.63) is 59.9 Å². The van der Waals surface area contributed by atoms with E-state index in [-0.39, 0.29) is 5.91 Å². The van der Waals surface area contributed by atoms with E-state index in [9.17, 15) is 4.79 Å². The molecule has 29 heavy (non-hydrogen) atoms. The summed E-state index contributed by atoms with van der Waals surface area (Å²) in [5, 5.41) is 4.51. The van der Waals surface area contributed by atoms with Crippen molar-refractivity contribution in [1.29, 1.82) is 0 Å². The summed E-state index contributed by atoms with van der Waals surface area (Å²) in [6, 6.07) is 12.1. The van der Waals surface area contributed by atoms with E-state index in [1.165, 1.54) is 0 Å². The number of aryl methyl sites for hydroxylation is 1. The molecule has 1 N–H and O–H groups in total. The summed E-state index contributed by atoms with van der Waals surface area (Å²) in [4.78, 5) is 16.7. The van der Waals surface area contributed by atoms with Gasteiger partial charge >= 0.3 is 0 Å². The van der Waals surface area contributed by atoms with Gasteiger partial charge in [-0.1, -0.05) is 42.1 Å². The third kappa shape index (κ3) is 3.80. The smallest absolute Gasteiger partial charge is 0.250 e. The topological polar surface area (TPSA) is 63.8 Å². The Hall–Kier alpha value is -2.99. The molecule has 0 aliphatic carbocycles. The molecule has 0 spiro atoms. The number of aliphatic imine (C=N–C) groups is 1. The van der Waals surface area contributed by atoms with Gasteiger partial charge in [0.05, 0.1) is 19.9 Å². The Morgan fingerprint density at radius 1 is 1.31 bits per heavy atom. The Labute approximate surface area is 173 Å². The van der Waals surface area contributed by atoms with Crippen molar-refractivity contribution >= 4 is 39.4 Å². The number of amidine groups is 1. The number of benzene rings is 2. The van der Waals surface area contributed by atoms with Crippen LogP contribution in [0.4, 0.5) is 0 Å². The number of furan rings is 1. The van der Waals surface area contributed by atoms with Crippen LogP contribution in [-0.4, -0.2) is 30.5 Å². The third-order valence-corrected chi connectivity index (χ3v) is 5.81. The molecule has 0 radical (unpaired) electrons. The molecule has 1 aromatic heterocycles. The number of rotatable bonds is 4. The van der Waals surface area contributed by atoms with E-state index in [2.05, 4.69) is 22.4 Å². The third-order valence-electron chi connectivity index (χ3n) is 4.92. The number of fused-ring (bicyclic) bond motifs is 1. The van der Waals surface area contributed by atoms with Crippen LogP contribution in [-0.2, 0) is 4.79 Å². The Balaban J connectivity index is 1.78. The molecule has 1 aliphatic heterocycles. The van der Waals surface area contributed by atoms with E-state index in [0.717, 1.165) is 51.1 Å². The number of methoxy groups -OCH3 is 1. The van der Waals surface area contributed by atoms with Crippen molar-refractivity contribution in [2.45, 2.75) is 13.8 Å². The molecule has 148 valence electrons. The van der Waals surface area contributed by atoms with Crippen molar-refractivity contribution in [2.75, 3.05) is 19.4 Å². The number of amides is 1. The van der Waals surface area contributed by atoms with Crippen LogP contribution in [0.25, 0.3) is 27.7 Å². The van der Waals surface area contributed by atoms with Gasteiger partial charge < -0.3 is 14.5 Å². The molecule has 0 atom stereocenters. The zero-order valence-corrected chi connectivity index (χ0v) is 17.4. The maximum absolute atomic E-state index is 12.4. The van der Waals surface area contributed by atoms with Crippen LogP contribution in [0.15, 0.2) is 58.1 Å². The monoisotopic (exact) mass is 406 g/mol. The largest absolute Gasteiger partial charge is 0.496 e. The van der Waals surface area contributed by atoms with Gasteiger partial charge in [0.15, 0.2) is 5.17 Å². The fourth-order valence-electron chi connectivity index (χ4n) is 3.54. The lowest BCUT2D eigenvalue weighted by molar-refractivity contribution is -0.115. The molecule has 1 aliphatic rings. The summed E-state index contributed by atoms with van der Waals surface area (Å²) >= 11 is 1.56. The van der Waals surface area contributed by atoms with Crippen LogP contribution in [0.2, 0.25) is 0 Å². The Morgan fingerprint density at radius 3 is 2.79 bits per heavy atom. The van der Waals surface area contributed by atoms with E-state index in [0.29, 0.717) is 10.9 Å². The molecule has 6 heteroatoms. The maximum atomic E-state index is 12.4. The molecule has 0 saturated heterocycles. The lowest BCUT2D eigenvalue weighted by Gasteiger charge is -2.13. The molecule has 0 fully saturated rings. The van der Waals surface area contributed by atoms with Gasteiger partial charge in [-0.2, -0.15) is 0 Å². The van der Waals surface area contributed by atoms with E-state index < -0.39 is 0 Å². The predicted octanol–water partition coefficient (Wildman–Crippen LogP) is 5.04. The van der Waals surface area contributed by atoms with Crippen molar-refractivity contribution in [3.8, 4) is 16.9 Å². The molecule has 5 nitrogen and oxygen atoms in total. The van der Waals surface area contributed by atoms with Crippen molar-refractivity contribution in [1.82, 2.24) is 5.32 Å². The van der Waals surface area contributed by atoms with Crippen LogP contribution in [0, 0.1) is 6.92 Å². The number of allylic oxidation sites excluding steroid dienone is 1. The summed E-state index contributed by atoms with van der Waals surface area (Å²) in [6.45, 7) is 4.63. The highest BCUT2D eigenvalue weighted by atomic mass is 32.2. The summed E-state index contributed by atoms with van der Waals surface area (Å²) in [6.07, 6.45) is 3.37. The molecule has 0 unspecified atom stereocenters.